The fraction of sp³-hybridized carbons (Fsp3) is 0.533. The highest BCUT2D eigenvalue weighted by molar-refractivity contribution is 5.98. The summed E-state index contributed by atoms with van der Waals surface area (Å²) in [7, 11) is 0. The van der Waals surface area contributed by atoms with E-state index in [0.717, 1.165) is 12.2 Å². The largest absolute Gasteiger partial charge is 0.493 e. The highest BCUT2D eigenvalue weighted by Crippen LogP contribution is 2.20. The Morgan fingerprint density at radius 2 is 2.00 bits per heavy atom. The topological polar surface area (TPSA) is 26.3 Å². The summed E-state index contributed by atoms with van der Waals surface area (Å²) in [5, 5.41) is 0. The predicted molar refractivity (Wildman–Crippen MR) is 70.6 cm³/mol. The van der Waals surface area contributed by atoms with Gasteiger partial charge in [-0.25, -0.2) is 0 Å². The molecule has 1 unspecified atom stereocenters. The Morgan fingerprint density at radius 3 is 2.65 bits per heavy atom. The van der Waals surface area contributed by atoms with Crippen LogP contribution in [0.1, 0.15) is 50.4 Å². The predicted octanol–water partition coefficient (Wildman–Crippen LogP) is 4.09. The molecule has 1 aromatic carbocycles. The van der Waals surface area contributed by atoms with E-state index in [1.165, 1.54) is 6.42 Å². The van der Waals surface area contributed by atoms with Gasteiger partial charge in [-0.2, -0.15) is 0 Å². The summed E-state index contributed by atoms with van der Waals surface area (Å²) < 4.78 is 5.75. The van der Waals surface area contributed by atoms with Crippen LogP contribution in [0.4, 0.5) is 0 Å². The molecule has 0 radical (unpaired) electrons. The summed E-state index contributed by atoms with van der Waals surface area (Å²) in [6, 6.07) is 7.50. The normalized spacial score (nSPS) is 12.2. The minimum absolute atomic E-state index is 0.142. The number of Topliss-reactive ketones (excluding diaryl/α,β-unsaturated/α-hetero) is 1. The third kappa shape index (κ3) is 4.22. The molecule has 0 bridgehead atoms. The van der Waals surface area contributed by atoms with Crippen molar-refractivity contribution in [2.75, 3.05) is 6.61 Å². The van der Waals surface area contributed by atoms with Crippen LogP contribution >= 0.6 is 0 Å². The van der Waals surface area contributed by atoms with Gasteiger partial charge in [0.15, 0.2) is 5.78 Å². The molecule has 2 nitrogen and oxygen atoms in total. The van der Waals surface area contributed by atoms with E-state index < -0.39 is 0 Å². The lowest BCUT2D eigenvalue weighted by Gasteiger charge is -2.14. The van der Waals surface area contributed by atoms with Crippen molar-refractivity contribution in [2.24, 2.45) is 5.92 Å². The first-order chi connectivity index (χ1) is 8.19. The molecule has 1 aromatic rings. The standard InChI is InChI=1S/C15H22O2/c1-4-8-12(3)11-17-15-10-7-6-9-13(15)14(16)5-2/h6-7,9-10,12H,4-5,8,11H2,1-3H3. The summed E-state index contributed by atoms with van der Waals surface area (Å²) >= 11 is 0. The van der Waals surface area contributed by atoms with Crippen molar-refractivity contribution in [3.05, 3.63) is 29.8 Å². The van der Waals surface area contributed by atoms with Gasteiger partial charge in [-0.15, -0.1) is 0 Å². The zero-order chi connectivity index (χ0) is 12.7. The lowest BCUT2D eigenvalue weighted by atomic mass is 10.1. The van der Waals surface area contributed by atoms with Crippen LogP contribution in [0.25, 0.3) is 0 Å². The molecular formula is C15H22O2. The molecule has 0 amide bonds. The maximum absolute atomic E-state index is 11.7. The molecule has 0 aromatic heterocycles. The Hall–Kier alpha value is -1.31. The molecule has 0 heterocycles. The SMILES string of the molecule is CCCC(C)COc1ccccc1C(=O)CC. The number of ether oxygens (including phenoxy) is 1. The summed E-state index contributed by atoms with van der Waals surface area (Å²) in [5.74, 6) is 1.40. The molecule has 0 aliphatic rings. The molecule has 0 saturated heterocycles. The second-order valence-corrected chi connectivity index (χ2v) is 4.48. The van der Waals surface area contributed by atoms with Crippen molar-refractivity contribution in [1.29, 1.82) is 0 Å². The Morgan fingerprint density at radius 1 is 1.29 bits per heavy atom. The highest BCUT2D eigenvalue weighted by Gasteiger charge is 2.10. The number of hydrogen-bond acceptors (Lipinski definition) is 2. The van der Waals surface area contributed by atoms with Crippen LogP contribution in [0, 0.1) is 5.92 Å². The number of hydrogen-bond donors (Lipinski definition) is 0. The first-order valence-corrected chi connectivity index (χ1v) is 6.44. The second-order valence-electron chi connectivity index (χ2n) is 4.48. The van der Waals surface area contributed by atoms with Crippen LogP contribution in [0.2, 0.25) is 0 Å². The fourth-order valence-corrected chi connectivity index (χ4v) is 1.82. The van der Waals surface area contributed by atoms with Crippen LogP contribution < -0.4 is 4.74 Å². The van der Waals surface area contributed by atoms with Crippen molar-refractivity contribution in [3.8, 4) is 5.75 Å². The average Bonchev–Trinajstić information content (AvgIpc) is 2.36. The van der Waals surface area contributed by atoms with Crippen LogP contribution in [-0.4, -0.2) is 12.4 Å². The number of benzene rings is 1. The van der Waals surface area contributed by atoms with Gasteiger partial charge in [-0.05, 0) is 24.5 Å². The maximum Gasteiger partial charge on any atom is 0.166 e. The van der Waals surface area contributed by atoms with E-state index in [4.69, 9.17) is 4.74 Å². The van der Waals surface area contributed by atoms with Gasteiger partial charge in [-0.3, -0.25) is 4.79 Å². The van der Waals surface area contributed by atoms with E-state index in [1.807, 2.05) is 31.2 Å². The van der Waals surface area contributed by atoms with Crippen molar-refractivity contribution in [3.63, 3.8) is 0 Å². The van der Waals surface area contributed by atoms with Crippen LogP contribution in [-0.2, 0) is 0 Å². The van der Waals surface area contributed by atoms with Crippen molar-refractivity contribution in [2.45, 2.75) is 40.0 Å². The Bertz CT molecular complexity index is 358. The van der Waals surface area contributed by atoms with Crippen LogP contribution in [0.5, 0.6) is 5.75 Å². The van der Waals surface area contributed by atoms with Gasteiger partial charge in [0.05, 0.1) is 12.2 Å². The highest BCUT2D eigenvalue weighted by atomic mass is 16.5. The first-order valence-electron chi connectivity index (χ1n) is 6.44. The molecule has 0 aliphatic carbocycles. The maximum atomic E-state index is 11.7. The lowest BCUT2D eigenvalue weighted by Crippen LogP contribution is -2.10. The van der Waals surface area contributed by atoms with E-state index in [2.05, 4.69) is 13.8 Å². The van der Waals surface area contributed by atoms with E-state index in [1.54, 1.807) is 0 Å². The summed E-state index contributed by atoms with van der Waals surface area (Å²) in [4.78, 5) is 11.7. The number of carbonyl (C=O) groups is 1. The molecule has 0 aliphatic heterocycles. The molecule has 0 N–H and O–H groups in total. The zero-order valence-electron chi connectivity index (χ0n) is 11.0. The monoisotopic (exact) mass is 234 g/mol. The molecule has 0 fully saturated rings. The molecule has 2 heteroatoms. The Labute approximate surface area is 104 Å². The minimum Gasteiger partial charge on any atom is -0.493 e. The molecule has 94 valence electrons. The number of rotatable bonds is 7. The van der Waals surface area contributed by atoms with E-state index >= 15 is 0 Å². The fourth-order valence-electron chi connectivity index (χ4n) is 1.82. The van der Waals surface area contributed by atoms with Gasteiger partial charge in [0, 0.05) is 6.42 Å². The van der Waals surface area contributed by atoms with Crippen LogP contribution in [0.3, 0.4) is 0 Å². The van der Waals surface area contributed by atoms with E-state index in [9.17, 15) is 4.79 Å². The molecule has 17 heavy (non-hydrogen) atoms. The van der Waals surface area contributed by atoms with Gasteiger partial charge in [0.2, 0.25) is 0 Å². The molecule has 0 saturated carbocycles. The van der Waals surface area contributed by atoms with Crippen molar-refractivity contribution < 1.29 is 9.53 Å². The Balaban J connectivity index is 2.67. The second kappa shape index (κ2) is 7.10. The number of carbonyl (C=O) groups excluding carboxylic acids is 1. The number of para-hydroxylation sites is 1. The lowest BCUT2D eigenvalue weighted by molar-refractivity contribution is 0.0983. The third-order valence-electron chi connectivity index (χ3n) is 2.81. The van der Waals surface area contributed by atoms with Crippen molar-refractivity contribution in [1.82, 2.24) is 0 Å². The van der Waals surface area contributed by atoms with Gasteiger partial charge in [0.1, 0.15) is 5.75 Å². The van der Waals surface area contributed by atoms with Crippen molar-refractivity contribution >= 4 is 5.78 Å². The van der Waals surface area contributed by atoms with Gasteiger partial charge in [0.25, 0.3) is 0 Å². The molecule has 0 spiro atoms. The summed E-state index contributed by atoms with van der Waals surface area (Å²) in [5.41, 5.74) is 0.707. The van der Waals surface area contributed by atoms with Gasteiger partial charge < -0.3 is 4.74 Å². The number of ketones is 1. The van der Waals surface area contributed by atoms with E-state index in [-0.39, 0.29) is 5.78 Å². The Kier molecular flexibility index (Phi) is 5.75. The minimum atomic E-state index is 0.142. The summed E-state index contributed by atoms with van der Waals surface area (Å²) in [6.07, 6.45) is 2.84. The molecule has 1 rings (SSSR count). The van der Waals surface area contributed by atoms with E-state index in [0.29, 0.717) is 24.5 Å². The van der Waals surface area contributed by atoms with Crippen LogP contribution in [0.15, 0.2) is 24.3 Å². The summed E-state index contributed by atoms with van der Waals surface area (Å²) in [6.45, 7) is 6.90. The average molecular weight is 234 g/mol. The third-order valence-corrected chi connectivity index (χ3v) is 2.81. The van der Waals surface area contributed by atoms with Gasteiger partial charge in [-0.1, -0.05) is 39.3 Å². The molecule has 1 atom stereocenters. The first kappa shape index (κ1) is 13.8. The quantitative estimate of drug-likeness (QED) is 0.664. The molecular weight excluding hydrogens is 212 g/mol. The zero-order valence-corrected chi connectivity index (χ0v) is 11.0. The smallest absolute Gasteiger partial charge is 0.166 e. The van der Waals surface area contributed by atoms with Gasteiger partial charge >= 0.3 is 0 Å².